The Kier molecular flexibility index (Phi) is 5.25. The summed E-state index contributed by atoms with van der Waals surface area (Å²) in [6, 6.07) is 12.0. The van der Waals surface area contributed by atoms with Crippen molar-refractivity contribution in [2.24, 2.45) is 0 Å². The molecule has 0 atom stereocenters. The van der Waals surface area contributed by atoms with Crippen LogP contribution in [0.4, 0.5) is 31.7 Å². The fraction of sp³-hybridized carbons (Fsp3) is 0.105. The van der Waals surface area contributed by atoms with Gasteiger partial charge in [0.2, 0.25) is 0 Å². The van der Waals surface area contributed by atoms with Crippen LogP contribution < -0.4 is 15.5 Å². The summed E-state index contributed by atoms with van der Waals surface area (Å²) in [7, 11) is 3.89. The molecular formula is C19H17F2N5O. The number of anilines is 4. The largest absolute Gasteiger partial charge is 0.378 e. The van der Waals surface area contributed by atoms with Gasteiger partial charge in [0, 0.05) is 37.6 Å². The second kappa shape index (κ2) is 7.77. The van der Waals surface area contributed by atoms with Crippen LogP contribution in [0.25, 0.3) is 0 Å². The Hall–Kier alpha value is -3.55. The summed E-state index contributed by atoms with van der Waals surface area (Å²) in [5.74, 6) is -1.81. The number of amides is 1. The van der Waals surface area contributed by atoms with E-state index < -0.39 is 17.5 Å². The van der Waals surface area contributed by atoms with E-state index in [2.05, 4.69) is 20.6 Å². The minimum atomic E-state index is -0.864. The molecule has 0 fully saturated rings. The maximum atomic E-state index is 13.7. The van der Waals surface area contributed by atoms with Crippen LogP contribution in [0.1, 0.15) is 10.5 Å². The van der Waals surface area contributed by atoms with E-state index in [1.165, 1.54) is 12.4 Å². The molecule has 3 aromatic rings. The van der Waals surface area contributed by atoms with Crippen LogP contribution in [0.15, 0.2) is 54.9 Å². The van der Waals surface area contributed by atoms with Crippen molar-refractivity contribution in [1.29, 1.82) is 0 Å². The summed E-state index contributed by atoms with van der Waals surface area (Å²) >= 11 is 0. The molecule has 0 bridgehead atoms. The molecule has 1 heterocycles. The predicted octanol–water partition coefficient (Wildman–Crippen LogP) is 3.82. The van der Waals surface area contributed by atoms with Gasteiger partial charge in [-0.25, -0.2) is 18.7 Å². The van der Waals surface area contributed by atoms with Crippen LogP contribution in [0.5, 0.6) is 0 Å². The zero-order valence-corrected chi connectivity index (χ0v) is 14.7. The lowest BCUT2D eigenvalue weighted by Crippen LogP contribution is -2.15. The molecule has 1 amide bonds. The van der Waals surface area contributed by atoms with E-state index in [-0.39, 0.29) is 11.4 Å². The standard InChI is InChI=1S/C19H17F2N5O/c1-26(2)14-6-4-13(5-7-14)24-18-10-17(22-11-23-18)19(27)25-16-8-3-12(20)9-15(16)21/h3-11H,1-2H3,(H,25,27)(H,22,23,24). The lowest BCUT2D eigenvalue weighted by molar-refractivity contribution is 0.102. The third-order valence-electron chi connectivity index (χ3n) is 3.74. The van der Waals surface area contributed by atoms with Crippen LogP contribution in [0, 0.1) is 11.6 Å². The van der Waals surface area contributed by atoms with Crippen molar-refractivity contribution in [3.63, 3.8) is 0 Å². The van der Waals surface area contributed by atoms with Gasteiger partial charge in [-0.3, -0.25) is 4.79 Å². The Balaban J connectivity index is 1.73. The normalized spacial score (nSPS) is 10.4. The Morgan fingerprint density at radius 1 is 1.00 bits per heavy atom. The lowest BCUT2D eigenvalue weighted by Gasteiger charge is -2.13. The van der Waals surface area contributed by atoms with E-state index >= 15 is 0 Å². The second-order valence-corrected chi connectivity index (χ2v) is 5.93. The van der Waals surface area contributed by atoms with Gasteiger partial charge in [-0.1, -0.05) is 0 Å². The van der Waals surface area contributed by atoms with Crippen molar-refractivity contribution in [3.8, 4) is 0 Å². The maximum absolute atomic E-state index is 13.7. The van der Waals surface area contributed by atoms with Gasteiger partial charge in [0.25, 0.3) is 5.91 Å². The highest BCUT2D eigenvalue weighted by Gasteiger charge is 2.12. The second-order valence-electron chi connectivity index (χ2n) is 5.93. The molecule has 3 rings (SSSR count). The van der Waals surface area contributed by atoms with E-state index in [0.717, 1.165) is 23.5 Å². The summed E-state index contributed by atoms with van der Waals surface area (Å²) in [6.45, 7) is 0. The van der Waals surface area contributed by atoms with Crippen molar-refractivity contribution < 1.29 is 13.6 Å². The number of halogens is 2. The third kappa shape index (κ3) is 4.55. The molecule has 0 spiro atoms. The number of nitrogens with one attached hydrogen (secondary N) is 2. The zero-order chi connectivity index (χ0) is 19.4. The molecular weight excluding hydrogens is 352 g/mol. The number of rotatable bonds is 5. The van der Waals surface area contributed by atoms with E-state index in [9.17, 15) is 13.6 Å². The first-order valence-electron chi connectivity index (χ1n) is 8.05. The van der Waals surface area contributed by atoms with Gasteiger partial charge in [-0.05, 0) is 36.4 Å². The minimum Gasteiger partial charge on any atom is -0.378 e. The van der Waals surface area contributed by atoms with Crippen molar-refractivity contribution in [2.75, 3.05) is 29.6 Å². The molecule has 0 aliphatic carbocycles. The molecule has 1 aromatic heterocycles. The SMILES string of the molecule is CN(C)c1ccc(Nc2cc(C(=O)Nc3ccc(F)cc3F)ncn2)cc1. The van der Waals surface area contributed by atoms with Crippen LogP contribution in [0.2, 0.25) is 0 Å². The van der Waals surface area contributed by atoms with Gasteiger partial charge in [-0.15, -0.1) is 0 Å². The predicted molar refractivity (Wildman–Crippen MR) is 100 cm³/mol. The molecule has 0 radical (unpaired) electrons. The van der Waals surface area contributed by atoms with E-state index in [1.54, 1.807) is 0 Å². The fourth-order valence-electron chi connectivity index (χ4n) is 2.32. The zero-order valence-electron chi connectivity index (χ0n) is 14.7. The minimum absolute atomic E-state index is 0.0427. The molecule has 0 aliphatic rings. The summed E-state index contributed by atoms with van der Waals surface area (Å²) < 4.78 is 26.6. The Labute approximate surface area is 154 Å². The van der Waals surface area contributed by atoms with Crippen molar-refractivity contribution in [1.82, 2.24) is 9.97 Å². The molecule has 0 saturated heterocycles. The summed E-state index contributed by atoms with van der Waals surface area (Å²) in [4.78, 5) is 22.2. The number of hydrogen-bond acceptors (Lipinski definition) is 5. The van der Waals surface area contributed by atoms with Gasteiger partial charge >= 0.3 is 0 Å². The van der Waals surface area contributed by atoms with Gasteiger partial charge in [0.1, 0.15) is 29.5 Å². The molecule has 138 valence electrons. The highest BCUT2D eigenvalue weighted by molar-refractivity contribution is 6.03. The number of aromatic nitrogens is 2. The molecule has 0 saturated carbocycles. The summed E-state index contributed by atoms with van der Waals surface area (Å²) in [6.07, 6.45) is 1.23. The highest BCUT2D eigenvalue weighted by atomic mass is 19.1. The molecule has 2 N–H and O–H groups in total. The molecule has 27 heavy (non-hydrogen) atoms. The first-order valence-corrected chi connectivity index (χ1v) is 8.05. The van der Waals surface area contributed by atoms with E-state index in [0.29, 0.717) is 11.9 Å². The monoisotopic (exact) mass is 369 g/mol. The smallest absolute Gasteiger partial charge is 0.274 e. The van der Waals surface area contributed by atoms with Crippen LogP contribution in [-0.4, -0.2) is 30.0 Å². The first-order chi connectivity index (χ1) is 12.9. The van der Waals surface area contributed by atoms with Gasteiger partial charge in [-0.2, -0.15) is 0 Å². The first kappa shape index (κ1) is 18.2. The molecule has 6 nitrogen and oxygen atoms in total. The van der Waals surface area contributed by atoms with Crippen LogP contribution >= 0.6 is 0 Å². The highest BCUT2D eigenvalue weighted by Crippen LogP contribution is 2.20. The van der Waals surface area contributed by atoms with Crippen molar-refractivity contribution in [2.45, 2.75) is 0 Å². The maximum Gasteiger partial charge on any atom is 0.274 e. The Morgan fingerprint density at radius 3 is 2.41 bits per heavy atom. The lowest BCUT2D eigenvalue weighted by atomic mass is 10.2. The summed E-state index contributed by atoms with van der Waals surface area (Å²) in [5, 5.41) is 5.44. The van der Waals surface area contributed by atoms with Crippen molar-refractivity contribution >= 4 is 28.8 Å². The molecule has 0 aliphatic heterocycles. The molecule has 2 aromatic carbocycles. The van der Waals surface area contributed by atoms with Crippen LogP contribution in [-0.2, 0) is 0 Å². The van der Waals surface area contributed by atoms with E-state index in [1.807, 2.05) is 43.3 Å². The Morgan fingerprint density at radius 2 is 1.74 bits per heavy atom. The quantitative estimate of drug-likeness (QED) is 0.716. The van der Waals surface area contributed by atoms with E-state index in [4.69, 9.17) is 0 Å². The Bertz CT molecular complexity index is 961. The number of nitrogens with zero attached hydrogens (tertiary/aromatic N) is 3. The fourth-order valence-corrected chi connectivity index (χ4v) is 2.32. The average molecular weight is 369 g/mol. The summed E-state index contributed by atoms with van der Waals surface area (Å²) in [5.41, 5.74) is 1.75. The average Bonchev–Trinajstić information content (AvgIpc) is 2.64. The molecule has 8 heteroatoms. The third-order valence-corrected chi connectivity index (χ3v) is 3.74. The number of carbonyl (C=O) groups excluding carboxylic acids is 1. The topological polar surface area (TPSA) is 70.2 Å². The number of carbonyl (C=O) groups is 1. The van der Waals surface area contributed by atoms with Gasteiger partial charge in [0.05, 0.1) is 5.69 Å². The van der Waals surface area contributed by atoms with Gasteiger partial charge < -0.3 is 15.5 Å². The van der Waals surface area contributed by atoms with Gasteiger partial charge in [0.15, 0.2) is 0 Å². The van der Waals surface area contributed by atoms with Crippen molar-refractivity contribution in [3.05, 3.63) is 72.2 Å². The molecule has 0 unspecified atom stereocenters. The van der Waals surface area contributed by atoms with Crippen LogP contribution in [0.3, 0.4) is 0 Å². The number of hydrogen-bond donors (Lipinski definition) is 2. The number of benzene rings is 2.